The maximum atomic E-state index is 9.98. The fourth-order valence-electron chi connectivity index (χ4n) is 2.00. The van der Waals surface area contributed by atoms with Crippen molar-refractivity contribution in [3.63, 3.8) is 0 Å². The molecule has 1 aromatic rings. The molecule has 1 aliphatic rings. The van der Waals surface area contributed by atoms with Gasteiger partial charge in [-0.1, -0.05) is 35.8 Å². The van der Waals surface area contributed by atoms with E-state index >= 15 is 0 Å². The van der Waals surface area contributed by atoms with E-state index in [4.69, 9.17) is 0 Å². The first-order valence-corrected chi connectivity index (χ1v) is 5.26. The van der Waals surface area contributed by atoms with Gasteiger partial charge in [0, 0.05) is 4.47 Å². The smallest absolute Gasteiger partial charge is 0.0846 e. The normalized spacial score (nSPS) is 24.5. The summed E-state index contributed by atoms with van der Waals surface area (Å²) < 4.78 is 1.09. The molecule has 2 rings (SSSR count). The van der Waals surface area contributed by atoms with Crippen molar-refractivity contribution in [2.24, 2.45) is 5.41 Å². The highest BCUT2D eigenvalue weighted by Gasteiger charge is 2.37. The molecule has 0 amide bonds. The van der Waals surface area contributed by atoms with Gasteiger partial charge in [-0.3, -0.25) is 0 Å². The summed E-state index contributed by atoms with van der Waals surface area (Å²) in [6, 6.07) is 6.11. The first kappa shape index (κ1) is 9.22. The van der Waals surface area contributed by atoms with Crippen molar-refractivity contribution in [1.82, 2.24) is 0 Å². The fraction of sp³-hybridized carbons (Fsp3) is 0.455. The average molecular weight is 241 g/mol. The molecule has 1 atom stereocenters. The third kappa shape index (κ3) is 1.42. The molecular weight excluding hydrogens is 228 g/mol. The second-order valence-corrected chi connectivity index (χ2v) is 5.33. The van der Waals surface area contributed by atoms with Gasteiger partial charge in [-0.15, -0.1) is 0 Å². The van der Waals surface area contributed by atoms with Gasteiger partial charge < -0.3 is 5.11 Å². The zero-order chi connectivity index (χ0) is 9.64. The Morgan fingerprint density at radius 2 is 2.15 bits per heavy atom. The largest absolute Gasteiger partial charge is 0.388 e. The van der Waals surface area contributed by atoms with Crippen molar-refractivity contribution < 1.29 is 5.11 Å². The number of fused-ring (bicyclic) bond motifs is 1. The van der Waals surface area contributed by atoms with Crippen LogP contribution in [0.4, 0.5) is 0 Å². The number of hydrogen-bond donors (Lipinski definition) is 1. The van der Waals surface area contributed by atoms with Crippen molar-refractivity contribution in [2.75, 3.05) is 0 Å². The Bertz CT molecular complexity index is 344. The third-order valence-corrected chi connectivity index (χ3v) is 3.28. The van der Waals surface area contributed by atoms with Crippen LogP contribution in [0.3, 0.4) is 0 Å². The molecule has 0 saturated carbocycles. The number of rotatable bonds is 0. The van der Waals surface area contributed by atoms with Crippen molar-refractivity contribution in [2.45, 2.75) is 26.4 Å². The monoisotopic (exact) mass is 240 g/mol. The highest BCUT2D eigenvalue weighted by atomic mass is 79.9. The lowest BCUT2D eigenvalue weighted by Gasteiger charge is -2.22. The summed E-state index contributed by atoms with van der Waals surface area (Å²) in [5.41, 5.74) is 2.35. The highest BCUT2D eigenvalue weighted by molar-refractivity contribution is 9.10. The molecule has 0 spiro atoms. The molecule has 0 heterocycles. The summed E-state index contributed by atoms with van der Waals surface area (Å²) in [4.78, 5) is 0. The van der Waals surface area contributed by atoms with Gasteiger partial charge in [-0.2, -0.15) is 0 Å². The minimum absolute atomic E-state index is 0.0108. The Kier molecular flexibility index (Phi) is 2.00. The molecule has 1 aliphatic carbocycles. The molecule has 1 nitrogen and oxygen atoms in total. The number of hydrogen-bond acceptors (Lipinski definition) is 1. The van der Waals surface area contributed by atoms with Crippen LogP contribution in [0.2, 0.25) is 0 Å². The van der Waals surface area contributed by atoms with E-state index in [2.05, 4.69) is 35.8 Å². The summed E-state index contributed by atoms with van der Waals surface area (Å²) in [5.74, 6) is 0. The lowest BCUT2D eigenvalue weighted by atomic mass is 9.88. The number of halogens is 1. The van der Waals surface area contributed by atoms with Gasteiger partial charge in [0.1, 0.15) is 0 Å². The first-order chi connectivity index (χ1) is 6.00. The maximum absolute atomic E-state index is 9.98. The van der Waals surface area contributed by atoms with Gasteiger partial charge in [-0.05, 0) is 35.1 Å². The van der Waals surface area contributed by atoms with Gasteiger partial charge >= 0.3 is 0 Å². The van der Waals surface area contributed by atoms with Crippen LogP contribution in [0.5, 0.6) is 0 Å². The van der Waals surface area contributed by atoms with Crippen LogP contribution in [0, 0.1) is 5.41 Å². The Morgan fingerprint density at radius 3 is 2.85 bits per heavy atom. The lowest BCUT2D eigenvalue weighted by Crippen LogP contribution is -2.16. The van der Waals surface area contributed by atoms with E-state index in [9.17, 15) is 5.11 Å². The van der Waals surface area contributed by atoms with Crippen LogP contribution in [-0.4, -0.2) is 5.11 Å². The summed E-state index contributed by atoms with van der Waals surface area (Å²) in [6.07, 6.45) is 0.652. The highest BCUT2D eigenvalue weighted by Crippen LogP contribution is 2.45. The SMILES string of the molecule is CC1(C)Cc2cc(Br)ccc2C1O. The minimum Gasteiger partial charge on any atom is -0.388 e. The van der Waals surface area contributed by atoms with Gasteiger partial charge in [0.05, 0.1) is 6.10 Å². The zero-order valence-electron chi connectivity index (χ0n) is 7.84. The van der Waals surface area contributed by atoms with Gasteiger partial charge in [0.15, 0.2) is 0 Å². The average Bonchev–Trinajstić information content (AvgIpc) is 2.22. The Balaban J connectivity index is 2.50. The molecular formula is C11H13BrO. The number of aliphatic hydroxyl groups excluding tert-OH is 1. The van der Waals surface area contributed by atoms with Gasteiger partial charge in [0.2, 0.25) is 0 Å². The van der Waals surface area contributed by atoms with E-state index in [0.29, 0.717) is 0 Å². The molecule has 0 bridgehead atoms. The first-order valence-electron chi connectivity index (χ1n) is 4.47. The van der Waals surface area contributed by atoms with Gasteiger partial charge in [0.25, 0.3) is 0 Å². The minimum atomic E-state index is -0.310. The third-order valence-electron chi connectivity index (χ3n) is 2.79. The van der Waals surface area contributed by atoms with Crippen molar-refractivity contribution in [3.05, 3.63) is 33.8 Å². The molecule has 0 aromatic heterocycles. The second kappa shape index (κ2) is 2.82. The molecule has 0 saturated heterocycles. The van der Waals surface area contributed by atoms with Crippen LogP contribution in [0.25, 0.3) is 0 Å². The summed E-state index contributed by atoms with van der Waals surface area (Å²) in [6.45, 7) is 4.21. The van der Waals surface area contributed by atoms with Gasteiger partial charge in [-0.25, -0.2) is 0 Å². The van der Waals surface area contributed by atoms with Crippen molar-refractivity contribution >= 4 is 15.9 Å². The van der Waals surface area contributed by atoms with Crippen LogP contribution >= 0.6 is 15.9 Å². The van der Waals surface area contributed by atoms with E-state index in [-0.39, 0.29) is 11.5 Å². The fourth-order valence-corrected chi connectivity index (χ4v) is 2.41. The van der Waals surface area contributed by atoms with Crippen LogP contribution < -0.4 is 0 Å². The standard InChI is InChI=1S/C11H13BrO/c1-11(2)6-7-5-8(12)3-4-9(7)10(11)13/h3-5,10,13H,6H2,1-2H3. The van der Waals surface area contributed by atoms with Crippen molar-refractivity contribution in [3.8, 4) is 0 Å². The molecule has 70 valence electrons. The predicted octanol–water partition coefficient (Wildman–Crippen LogP) is 3.06. The van der Waals surface area contributed by atoms with E-state index < -0.39 is 0 Å². The van der Waals surface area contributed by atoms with E-state index in [1.165, 1.54) is 5.56 Å². The Labute approximate surface area is 86.9 Å². The zero-order valence-corrected chi connectivity index (χ0v) is 9.43. The molecule has 2 heteroatoms. The van der Waals surface area contributed by atoms with Crippen molar-refractivity contribution in [1.29, 1.82) is 0 Å². The van der Waals surface area contributed by atoms with Crippen LogP contribution in [-0.2, 0) is 6.42 Å². The summed E-state index contributed by atoms with van der Waals surface area (Å²) >= 11 is 3.44. The van der Waals surface area contributed by atoms with Crippen LogP contribution in [0.15, 0.2) is 22.7 Å². The molecule has 0 fully saturated rings. The molecule has 1 unspecified atom stereocenters. The molecule has 0 aliphatic heterocycles. The molecule has 1 N–H and O–H groups in total. The van der Waals surface area contributed by atoms with Crippen LogP contribution in [0.1, 0.15) is 31.1 Å². The maximum Gasteiger partial charge on any atom is 0.0846 e. The van der Waals surface area contributed by atoms with E-state index in [0.717, 1.165) is 16.5 Å². The Morgan fingerprint density at radius 1 is 1.46 bits per heavy atom. The second-order valence-electron chi connectivity index (χ2n) is 4.41. The lowest BCUT2D eigenvalue weighted by molar-refractivity contribution is 0.0666. The predicted molar refractivity (Wildman–Crippen MR) is 56.6 cm³/mol. The topological polar surface area (TPSA) is 20.2 Å². The number of benzene rings is 1. The summed E-state index contributed by atoms with van der Waals surface area (Å²) in [5, 5.41) is 9.98. The molecule has 1 aromatic carbocycles. The molecule has 13 heavy (non-hydrogen) atoms. The van der Waals surface area contributed by atoms with E-state index in [1.807, 2.05) is 12.1 Å². The quantitative estimate of drug-likeness (QED) is 0.740. The number of aliphatic hydroxyl groups is 1. The molecule has 0 radical (unpaired) electrons. The van der Waals surface area contributed by atoms with E-state index in [1.54, 1.807) is 0 Å². The summed E-state index contributed by atoms with van der Waals surface area (Å²) in [7, 11) is 0. The Hall–Kier alpha value is -0.340.